The molecular weight excluding hydrogens is 368 g/mol. The standard InChI is InChI=1S/C23H26N2O4/c1-3-28-20-12-7-5-10-18(20)23(27)24-14-8-13-22(26)25-16(2)21-15-17-9-4-6-11-19(17)29-21/h4-7,9-12,15-16H,3,8,13-14H2,1-2H3,(H,24,27)(H,25,26)/t16-/m1/s1. The number of nitrogens with one attached hydrogen (secondary N) is 2. The van der Waals surface area contributed by atoms with Crippen LogP contribution in [0.1, 0.15) is 48.8 Å². The number of carbonyl (C=O) groups excluding carboxylic acids is 2. The van der Waals surface area contributed by atoms with E-state index in [9.17, 15) is 9.59 Å². The number of furan rings is 1. The van der Waals surface area contributed by atoms with Crippen molar-refractivity contribution in [1.29, 1.82) is 0 Å². The summed E-state index contributed by atoms with van der Waals surface area (Å²) < 4.78 is 11.3. The van der Waals surface area contributed by atoms with E-state index < -0.39 is 0 Å². The van der Waals surface area contributed by atoms with E-state index in [4.69, 9.17) is 9.15 Å². The Balaban J connectivity index is 1.43. The summed E-state index contributed by atoms with van der Waals surface area (Å²) in [5, 5.41) is 6.79. The predicted octanol–water partition coefficient (Wildman–Crippen LogP) is 4.22. The van der Waals surface area contributed by atoms with Crippen molar-refractivity contribution in [2.24, 2.45) is 0 Å². The average Bonchev–Trinajstić information content (AvgIpc) is 3.16. The minimum absolute atomic E-state index is 0.0816. The molecule has 29 heavy (non-hydrogen) atoms. The maximum atomic E-state index is 12.3. The average molecular weight is 394 g/mol. The van der Waals surface area contributed by atoms with Crippen molar-refractivity contribution in [3.05, 3.63) is 65.9 Å². The van der Waals surface area contributed by atoms with Crippen molar-refractivity contribution >= 4 is 22.8 Å². The molecule has 2 N–H and O–H groups in total. The van der Waals surface area contributed by atoms with Gasteiger partial charge in [0.05, 0.1) is 18.2 Å². The van der Waals surface area contributed by atoms with Gasteiger partial charge in [-0.05, 0) is 44.5 Å². The first-order valence-electron chi connectivity index (χ1n) is 9.86. The van der Waals surface area contributed by atoms with Crippen molar-refractivity contribution in [3.8, 4) is 5.75 Å². The predicted molar refractivity (Wildman–Crippen MR) is 112 cm³/mol. The van der Waals surface area contributed by atoms with Crippen molar-refractivity contribution < 1.29 is 18.7 Å². The summed E-state index contributed by atoms with van der Waals surface area (Å²) in [6.07, 6.45) is 0.860. The fourth-order valence-corrected chi connectivity index (χ4v) is 3.08. The molecule has 0 saturated heterocycles. The van der Waals surface area contributed by atoms with Gasteiger partial charge in [-0.25, -0.2) is 0 Å². The summed E-state index contributed by atoms with van der Waals surface area (Å²) in [4.78, 5) is 24.5. The number of ether oxygens (including phenoxy) is 1. The maximum absolute atomic E-state index is 12.3. The molecular formula is C23H26N2O4. The molecule has 3 rings (SSSR count). The van der Waals surface area contributed by atoms with Gasteiger partial charge in [0.15, 0.2) is 0 Å². The third-order valence-electron chi connectivity index (χ3n) is 4.55. The van der Waals surface area contributed by atoms with E-state index in [2.05, 4.69) is 10.6 Å². The zero-order valence-electron chi connectivity index (χ0n) is 16.7. The summed E-state index contributed by atoms with van der Waals surface area (Å²) in [6.45, 7) is 4.67. The van der Waals surface area contributed by atoms with Crippen LogP contribution in [0.15, 0.2) is 59.0 Å². The quantitative estimate of drug-likeness (QED) is 0.533. The summed E-state index contributed by atoms with van der Waals surface area (Å²) >= 11 is 0. The van der Waals surface area contributed by atoms with Crippen molar-refractivity contribution in [1.82, 2.24) is 10.6 Å². The van der Waals surface area contributed by atoms with Crippen LogP contribution < -0.4 is 15.4 Å². The first kappa shape index (κ1) is 20.5. The summed E-state index contributed by atoms with van der Waals surface area (Å²) in [6, 6.07) is 16.6. The van der Waals surface area contributed by atoms with Crippen LogP contribution in [0, 0.1) is 0 Å². The van der Waals surface area contributed by atoms with Crippen LogP contribution in [-0.2, 0) is 4.79 Å². The molecule has 152 valence electrons. The Morgan fingerprint density at radius 1 is 1.10 bits per heavy atom. The molecule has 0 aliphatic heterocycles. The van der Waals surface area contributed by atoms with E-state index >= 15 is 0 Å². The van der Waals surface area contributed by atoms with Crippen LogP contribution in [0.5, 0.6) is 5.75 Å². The molecule has 6 heteroatoms. The Morgan fingerprint density at radius 2 is 1.86 bits per heavy atom. The monoisotopic (exact) mass is 394 g/mol. The number of amides is 2. The highest BCUT2D eigenvalue weighted by Crippen LogP contribution is 2.23. The molecule has 3 aromatic rings. The zero-order valence-corrected chi connectivity index (χ0v) is 16.7. The normalized spacial score (nSPS) is 11.8. The van der Waals surface area contributed by atoms with Gasteiger partial charge in [-0.2, -0.15) is 0 Å². The molecule has 0 radical (unpaired) electrons. The second-order valence-electron chi connectivity index (χ2n) is 6.76. The van der Waals surface area contributed by atoms with Crippen LogP contribution >= 0.6 is 0 Å². The number of para-hydroxylation sites is 2. The van der Waals surface area contributed by atoms with Gasteiger partial charge < -0.3 is 19.8 Å². The number of hydrogen-bond acceptors (Lipinski definition) is 4. The fourth-order valence-electron chi connectivity index (χ4n) is 3.08. The molecule has 0 aliphatic carbocycles. The van der Waals surface area contributed by atoms with E-state index in [0.717, 1.165) is 16.7 Å². The molecule has 0 bridgehead atoms. The van der Waals surface area contributed by atoms with Crippen LogP contribution in [0.2, 0.25) is 0 Å². The third kappa shape index (κ3) is 5.38. The van der Waals surface area contributed by atoms with Crippen molar-refractivity contribution in [3.63, 3.8) is 0 Å². The van der Waals surface area contributed by atoms with E-state index in [1.165, 1.54) is 0 Å². The Hall–Kier alpha value is -3.28. The molecule has 0 fully saturated rings. The third-order valence-corrected chi connectivity index (χ3v) is 4.55. The van der Waals surface area contributed by atoms with E-state index in [1.807, 2.05) is 50.2 Å². The van der Waals surface area contributed by atoms with E-state index in [1.54, 1.807) is 18.2 Å². The van der Waals surface area contributed by atoms with Gasteiger partial charge in [0, 0.05) is 18.4 Å². The van der Waals surface area contributed by atoms with Gasteiger partial charge in [-0.1, -0.05) is 30.3 Å². The van der Waals surface area contributed by atoms with Crippen LogP contribution in [0.4, 0.5) is 0 Å². The molecule has 1 aromatic heterocycles. The Kier molecular flexibility index (Phi) is 6.89. The van der Waals surface area contributed by atoms with Crippen LogP contribution in [0.25, 0.3) is 11.0 Å². The second-order valence-corrected chi connectivity index (χ2v) is 6.76. The highest BCUT2D eigenvalue weighted by Gasteiger charge is 2.15. The Labute approximate surface area is 170 Å². The molecule has 6 nitrogen and oxygen atoms in total. The van der Waals surface area contributed by atoms with E-state index in [0.29, 0.717) is 37.3 Å². The number of hydrogen-bond donors (Lipinski definition) is 2. The summed E-state index contributed by atoms with van der Waals surface area (Å²) in [7, 11) is 0. The van der Waals surface area contributed by atoms with Crippen molar-refractivity contribution in [2.75, 3.05) is 13.2 Å². The van der Waals surface area contributed by atoms with Crippen molar-refractivity contribution in [2.45, 2.75) is 32.7 Å². The zero-order chi connectivity index (χ0) is 20.6. The van der Waals surface area contributed by atoms with Crippen LogP contribution in [0.3, 0.4) is 0 Å². The van der Waals surface area contributed by atoms with Gasteiger partial charge in [0.25, 0.3) is 5.91 Å². The van der Waals surface area contributed by atoms with Gasteiger partial charge in [-0.3, -0.25) is 9.59 Å². The van der Waals surface area contributed by atoms with Gasteiger partial charge in [-0.15, -0.1) is 0 Å². The second kappa shape index (κ2) is 9.78. The smallest absolute Gasteiger partial charge is 0.255 e. The molecule has 2 aromatic carbocycles. The van der Waals surface area contributed by atoms with E-state index in [-0.39, 0.29) is 17.9 Å². The fraction of sp³-hybridized carbons (Fsp3) is 0.304. The van der Waals surface area contributed by atoms with Gasteiger partial charge in [0.1, 0.15) is 17.1 Å². The lowest BCUT2D eigenvalue weighted by molar-refractivity contribution is -0.121. The molecule has 1 heterocycles. The SMILES string of the molecule is CCOc1ccccc1C(=O)NCCCC(=O)N[C@H](C)c1cc2ccccc2o1. The highest BCUT2D eigenvalue weighted by molar-refractivity contribution is 5.96. The lowest BCUT2D eigenvalue weighted by Crippen LogP contribution is -2.29. The first-order valence-corrected chi connectivity index (χ1v) is 9.86. The molecule has 0 spiro atoms. The number of rotatable bonds is 9. The molecule has 0 aliphatic rings. The first-order chi connectivity index (χ1) is 14.1. The minimum Gasteiger partial charge on any atom is -0.493 e. The molecule has 1 atom stereocenters. The summed E-state index contributed by atoms with van der Waals surface area (Å²) in [5.74, 6) is 0.998. The summed E-state index contributed by atoms with van der Waals surface area (Å²) in [5.41, 5.74) is 1.30. The number of benzene rings is 2. The lowest BCUT2D eigenvalue weighted by atomic mass is 10.2. The molecule has 0 unspecified atom stereocenters. The highest BCUT2D eigenvalue weighted by atomic mass is 16.5. The maximum Gasteiger partial charge on any atom is 0.255 e. The Morgan fingerprint density at radius 3 is 2.66 bits per heavy atom. The topological polar surface area (TPSA) is 80.6 Å². The number of fused-ring (bicyclic) bond motifs is 1. The van der Waals surface area contributed by atoms with Crippen LogP contribution in [-0.4, -0.2) is 25.0 Å². The molecule has 0 saturated carbocycles. The largest absolute Gasteiger partial charge is 0.493 e. The Bertz CT molecular complexity index is 947. The minimum atomic E-state index is -0.220. The lowest BCUT2D eigenvalue weighted by Gasteiger charge is -2.12. The van der Waals surface area contributed by atoms with Gasteiger partial charge in [0.2, 0.25) is 5.91 Å². The number of carbonyl (C=O) groups is 2. The molecule has 2 amide bonds. The van der Waals surface area contributed by atoms with Gasteiger partial charge >= 0.3 is 0 Å².